The van der Waals surface area contributed by atoms with Crippen LogP contribution >= 0.6 is 0 Å². The largest absolute Gasteiger partial charge is 0.493 e. The van der Waals surface area contributed by atoms with Gasteiger partial charge in [-0.2, -0.15) is 22.0 Å². The highest BCUT2D eigenvalue weighted by molar-refractivity contribution is 5.91. The normalized spacial score (nSPS) is 11.7. The Morgan fingerprint density at radius 3 is 2.07 bits per heavy atom. The molecule has 0 saturated heterocycles. The van der Waals surface area contributed by atoms with E-state index in [-0.39, 0.29) is 49.1 Å². The average molecular weight is 653 g/mol. The molecule has 0 aliphatic heterocycles. The average Bonchev–Trinajstić information content (AvgIpc) is 2.99. The second kappa shape index (κ2) is 16.3. The smallest absolute Gasteiger partial charge is 0.426 e. The van der Waals surface area contributed by atoms with Crippen molar-refractivity contribution in [2.45, 2.75) is 38.0 Å². The molecule has 248 valence electrons. The van der Waals surface area contributed by atoms with Crippen LogP contribution in [0.3, 0.4) is 0 Å². The molecule has 0 radical (unpaired) electrons. The van der Waals surface area contributed by atoms with Crippen molar-refractivity contribution in [2.24, 2.45) is 0 Å². The number of carbonyl (C=O) groups is 2. The van der Waals surface area contributed by atoms with Gasteiger partial charge in [-0.1, -0.05) is 12.1 Å². The number of hydrogen-bond donors (Lipinski definition) is 2. The van der Waals surface area contributed by atoms with Crippen molar-refractivity contribution in [3.63, 3.8) is 0 Å². The molecule has 0 atom stereocenters. The lowest BCUT2D eigenvalue weighted by Crippen LogP contribution is -2.22. The fourth-order valence-corrected chi connectivity index (χ4v) is 3.91. The second-order valence-corrected chi connectivity index (χ2v) is 9.85. The summed E-state index contributed by atoms with van der Waals surface area (Å²) in [5.41, 5.74) is 12.2. The Balaban J connectivity index is 1.41. The number of anilines is 2. The molecule has 0 fully saturated rings. The van der Waals surface area contributed by atoms with Gasteiger partial charge in [0.05, 0.1) is 38.1 Å². The van der Waals surface area contributed by atoms with Gasteiger partial charge in [-0.15, -0.1) is 0 Å². The minimum absolute atomic E-state index is 0.0147. The van der Waals surface area contributed by atoms with Crippen LogP contribution in [0.15, 0.2) is 66.7 Å². The first-order valence-electron chi connectivity index (χ1n) is 14.0. The van der Waals surface area contributed by atoms with Crippen LogP contribution in [0, 0.1) is 0 Å². The highest BCUT2D eigenvalue weighted by Gasteiger charge is 2.35. The number of hydrogen-bond acceptors (Lipinski definition) is 9. The van der Waals surface area contributed by atoms with Crippen molar-refractivity contribution in [1.82, 2.24) is 0 Å². The molecule has 4 N–H and O–H groups in total. The highest BCUT2D eigenvalue weighted by atomic mass is 19.4. The van der Waals surface area contributed by atoms with Gasteiger partial charge < -0.3 is 35.2 Å². The third-order valence-corrected chi connectivity index (χ3v) is 6.13. The SMILES string of the molecule is COc1cc(C(F)(F)Oc2ccc(/C=C/C(=O)OCCCCOC(=O)c3cc(N)cc(N)c3)cc2)ccc1OCCCC(F)(F)F. The van der Waals surface area contributed by atoms with Gasteiger partial charge in [-0.05, 0) is 79.4 Å². The number of nitrogen functional groups attached to an aromatic ring is 2. The van der Waals surface area contributed by atoms with Gasteiger partial charge in [0.15, 0.2) is 11.5 Å². The summed E-state index contributed by atoms with van der Waals surface area (Å²) in [6, 6.07) is 13.1. The van der Waals surface area contributed by atoms with Crippen molar-refractivity contribution in [2.75, 3.05) is 38.4 Å². The predicted octanol–water partition coefficient (Wildman–Crippen LogP) is 6.90. The second-order valence-electron chi connectivity index (χ2n) is 9.85. The first-order valence-corrected chi connectivity index (χ1v) is 14.0. The molecule has 14 heteroatoms. The van der Waals surface area contributed by atoms with Gasteiger partial charge in [0.2, 0.25) is 0 Å². The first-order chi connectivity index (χ1) is 21.8. The molecule has 0 unspecified atom stereocenters. The number of benzene rings is 3. The third kappa shape index (κ3) is 11.8. The van der Waals surface area contributed by atoms with E-state index >= 15 is 0 Å². The lowest BCUT2D eigenvalue weighted by molar-refractivity contribution is -0.185. The summed E-state index contributed by atoms with van der Waals surface area (Å²) < 4.78 is 92.1. The Bertz CT molecular complexity index is 1470. The van der Waals surface area contributed by atoms with Crippen molar-refractivity contribution in [3.05, 3.63) is 83.4 Å². The van der Waals surface area contributed by atoms with Crippen molar-refractivity contribution < 1.29 is 55.2 Å². The van der Waals surface area contributed by atoms with Crippen molar-refractivity contribution >= 4 is 29.4 Å². The molecule has 0 aliphatic carbocycles. The van der Waals surface area contributed by atoms with Gasteiger partial charge in [-0.3, -0.25) is 0 Å². The fourth-order valence-electron chi connectivity index (χ4n) is 3.91. The molecule has 0 spiro atoms. The lowest BCUT2D eigenvalue weighted by atomic mass is 10.1. The molecule has 3 rings (SSSR count). The van der Waals surface area contributed by atoms with Crippen LogP contribution in [0.25, 0.3) is 6.08 Å². The molecule has 9 nitrogen and oxygen atoms in total. The zero-order chi connectivity index (χ0) is 33.7. The van der Waals surface area contributed by atoms with Gasteiger partial charge in [0, 0.05) is 23.9 Å². The van der Waals surface area contributed by atoms with Crippen LogP contribution in [0.5, 0.6) is 17.2 Å². The Kier molecular flexibility index (Phi) is 12.6. The summed E-state index contributed by atoms with van der Waals surface area (Å²) in [6.45, 7) is -0.0812. The lowest BCUT2D eigenvalue weighted by Gasteiger charge is -2.20. The third-order valence-electron chi connectivity index (χ3n) is 6.13. The molecular formula is C32H33F5N2O7. The molecule has 0 amide bonds. The number of alkyl halides is 5. The Morgan fingerprint density at radius 2 is 1.43 bits per heavy atom. The van der Waals surface area contributed by atoms with E-state index in [4.69, 9.17) is 35.2 Å². The summed E-state index contributed by atoms with van der Waals surface area (Å²) >= 11 is 0. The molecule has 0 saturated carbocycles. The van der Waals surface area contributed by atoms with Gasteiger partial charge >= 0.3 is 24.2 Å². The maximum Gasteiger partial charge on any atom is 0.426 e. The molecule has 46 heavy (non-hydrogen) atoms. The molecule has 0 aliphatic rings. The molecule has 3 aromatic rings. The van der Waals surface area contributed by atoms with Crippen LogP contribution in [0.1, 0.15) is 47.2 Å². The molecule has 3 aromatic carbocycles. The number of nitrogens with two attached hydrogens (primary N) is 2. The minimum atomic E-state index is -4.32. The number of methoxy groups -OCH3 is 1. The summed E-state index contributed by atoms with van der Waals surface area (Å²) in [6.07, 6.45) is -5.96. The van der Waals surface area contributed by atoms with Gasteiger partial charge in [0.1, 0.15) is 5.75 Å². The zero-order valence-electron chi connectivity index (χ0n) is 24.8. The first kappa shape index (κ1) is 35.5. The molecule has 0 aromatic heterocycles. The van der Waals surface area contributed by atoms with Crippen LogP contribution in [-0.4, -0.2) is 45.0 Å². The highest BCUT2D eigenvalue weighted by Crippen LogP contribution is 2.37. The number of rotatable bonds is 16. The summed E-state index contributed by atoms with van der Waals surface area (Å²) in [5.74, 6) is -1.44. The molecule has 0 bridgehead atoms. The minimum Gasteiger partial charge on any atom is -0.493 e. The Morgan fingerprint density at radius 1 is 0.783 bits per heavy atom. The molecular weight excluding hydrogens is 619 g/mol. The van der Waals surface area contributed by atoms with E-state index < -0.39 is 36.2 Å². The fraction of sp³-hybridized carbons (Fsp3) is 0.312. The number of halogens is 5. The zero-order valence-corrected chi connectivity index (χ0v) is 24.8. The number of unbranched alkanes of at least 4 members (excludes halogenated alkanes) is 1. The summed E-state index contributed by atoms with van der Waals surface area (Å²) in [7, 11) is 1.21. The van der Waals surface area contributed by atoms with E-state index in [0.29, 0.717) is 29.8 Å². The number of ether oxygens (including phenoxy) is 5. The number of esters is 2. The van der Waals surface area contributed by atoms with E-state index in [1.54, 1.807) is 0 Å². The van der Waals surface area contributed by atoms with Crippen molar-refractivity contribution in [3.8, 4) is 17.2 Å². The van der Waals surface area contributed by atoms with Crippen molar-refractivity contribution in [1.29, 1.82) is 0 Å². The standard InChI is InChI=1S/C32H33F5N2O7/c1-42-28-19-23(8-11-27(28)43-16-4-13-31(33,34)35)32(36,37)46-26-9-5-21(6-10-26)7-12-29(40)44-14-2-3-15-45-30(41)22-17-24(38)20-25(39)18-22/h5-12,17-20H,2-4,13-16,38-39H2,1H3/b12-7+. The number of carbonyl (C=O) groups excluding carboxylic acids is 2. The molecule has 0 heterocycles. The van der Waals surface area contributed by atoms with E-state index in [9.17, 15) is 31.5 Å². The van der Waals surface area contributed by atoms with E-state index in [1.165, 1.54) is 67.8 Å². The Labute approximate surface area is 261 Å². The summed E-state index contributed by atoms with van der Waals surface area (Å²) in [4.78, 5) is 24.1. The monoisotopic (exact) mass is 652 g/mol. The summed E-state index contributed by atoms with van der Waals surface area (Å²) in [5, 5.41) is 0. The quantitative estimate of drug-likeness (QED) is 0.0557. The Hall–Kier alpha value is -5.01. The van der Waals surface area contributed by atoms with E-state index in [0.717, 1.165) is 12.1 Å². The van der Waals surface area contributed by atoms with E-state index in [1.807, 2.05) is 0 Å². The van der Waals surface area contributed by atoms with Gasteiger partial charge in [0.25, 0.3) is 0 Å². The van der Waals surface area contributed by atoms with Crippen LogP contribution < -0.4 is 25.7 Å². The van der Waals surface area contributed by atoms with E-state index in [2.05, 4.69) is 0 Å². The van der Waals surface area contributed by atoms with Crippen LogP contribution in [-0.2, 0) is 20.4 Å². The maximum atomic E-state index is 14.9. The van der Waals surface area contributed by atoms with Gasteiger partial charge in [-0.25, -0.2) is 9.59 Å². The maximum absolute atomic E-state index is 14.9. The topological polar surface area (TPSA) is 132 Å². The van der Waals surface area contributed by atoms with Crippen LogP contribution in [0.4, 0.5) is 33.3 Å². The predicted molar refractivity (Wildman–Crippen MR) is 160 cm³/mol. The van der Waals surface area contributed by atoms with Crippen LogP contribution in [0.2, 0.25) is 0 Å².